The van der Waals surface area contributed by atoms with Crippen LogP contribution in [0.4, 0.5) is 17.6 Å². The zero-order valence-corrected chi connectivity index (χ0v) is 14.2. The summed E-state index contributed by atoms with van der Waals surface area (Å²) in [5, 5.41) is 0. The number of fused-ring (bicyclic) bond motifs is 1. The van der Waals surface area contributed by atoms with E-state index in [0.717, 1.165) is 31.7 Å². The fourth-order valence-corrected chi connectivity index (χ4v) is 3.60. The van der Waals surface area contributed by atoms with Gasteiger partial charge in [0.15, 0.2) is 17.3 Å². The van der Waals surface area contributed by atoms with Crippen molar-refractivity contribution in [2.45, 2.75) is 58.2 Å². The van der Waals surface area contributed by atoms with Crippen LogP contribution in [-0.4, -0.2) is 6.29 Å². The number of halogens is 4. The van der Waals surface area contributed by atoms with E-state index in [9.17, 15) is 17.6 Å². The number of rotatable bonds is 5. The topological polar surface area (TPSA) is 18.5 Å². The molecular formula is C19H22F4O2. The first-order chi connectivity index (χ1) is 11.9. The predicted octanol–water partition coefficient (Wildman–Crippen LogP) is 6.61. The lowest BCUT2D eigenvalue weighted by Gasteiger charge is -2.27. The van der Waals surface area contributed by atoms with E-state index in [-0.39, 0.29) is 17.1 Å². The second kappa shape index (κ2) is 7.26. The Morgan fingerprint density at radius 2 is 1.76 bits per heavy atom. The minimum Gasteiger partial charge on any atom is -0.395 e. The summed E-state index contributed by atoms with van der Waals surface area (Å²) < 4.78 is 63.6. The van der Waals surface area contributed by atoms with Gasteiger partial charge in [0.25, 0.3) is 0 Å². The second-order valence-corrected chi connectivity index (χ2v) is 6.85. The Hall–Kier alpha value is -1.72. The van der Waals surface area contributed by atoms with E-state index in [0.29, 0.717) is 18.8 Å². The van der Waals surface area contributed by atoms with Crippen molar-refractivity contribution in [3.63, 3.8) is 0 Å². The Balaban J connectivity index is 1.69. The minimum atomic E-state index is -3.77. The Morgan fingerprint density at radius 1 is 1.08 bits per heavy atom. The maximum Gasteiger partial charge on any atom is 0.586 e. The number of hydrogen-bond acceptors (Lipinski definition) is 2. The number of ether oxygens (including phenoxy) is 2. The van der Waals surface area contributed by atoms with Crippen LogP contribution in [0.1, 0.15) is 57.4 Å². The lowest BCUT2D eigenvalue weighted by molar-refractivity contribution is -0.286. The third kappa shape index (κ3) is 4.10. The monoisotopic (exact) mass is 358 g/mol. The van der Waals surface area contributed by atoms with Crippen LogP contribution < -0.4 is 9.47 Å². The number of unbranched alkanes of at least 4 members (excludes halogenated alkanes) is 1. The van der Waals surface area contributed by atoms with Gasteiger partial charge < -0.3 is 9.47 Å². The van der Waals surface area contributed by atoms with E-state index < -0.39 is 23.9 Å². The molecule has 1 aromatic carbocycles. The molecule has 0 radical (unpaired) electrons. The summed E-state index contributed by atoms with van der Waals surface area (Å²) in [6.45, 7) is 2.14. The minimum absolute atomic E-state index is 0.106. The van der Waals surface area contributed by atoms with Crippen LogP contribution in [0.25, 0.3) is 5.83 Å². The van der Waals surface area contributed by atoms with Crippen molar-refractivity contribution in [2.24, 2.45) is 11.8 Å². The number of alkyl halides is 2. The van der Waals surface area contributed by atoms with Crippen LogP contribution in [0.5, 0.6) is 11.5 Å². The van der Waals surface area contributed by atoms with Crippen molar-refractivity contribution in [3.05, 3.63) is 29.6 Å². The summed E-state index contributed by atoms with van der Waals surface area (Å²) in [6.07, 6.45) is 2.74. The molecule has 138 valence electrons. The van der Waals surface area contributed by atoms with E-state index >= 15 is 0 Å². The summed E-state index contributed by atoms with van der Waals surface area (Å²) in [5.41, 5.74) is -0.106. The van der Waals surface area contributed by atoms with Gasteiger partial charge in [-0.15, -0.1) is 8.78 Å². The first-order valence-corrected chi connectivity index (χ1v) is 8.85. The molecule has 0 bridgehead atoms. The summed E-state index contributed by atoms with van der Waals surface area (Å²) in [6, 6.07) is 3.45. The van der Waals surface area contributed by atoms with Crippen molar-refractivity contribution in [1.29, 1.82) is 0 Å². The van der Waals surface area contributed by atoms with Crippen LogP contribution >= 0.6 is 0 Å². The van der Waals surface area contributed by atoms with Gasteiger partial charge in [-0.3, -0.25) is 0 Å². The molecule has 0 unspecified atom stereocenters. The van der Waals surface area contributed by atoms with Crippen LogP contribution in [0.2, 0.25) is 0 Å². The molecule has 1 aliphatic heterocycles. The predicted molar refractivity (Wildman–Crippen MR) is 86.8 cm³/mol. The maximum atomic E-state index is 14.5. The molecule has 0 amide bonds. The average Bonchev–Trinajstić information content (AvgIpc) is 2.92. The number of hydrogen-bond donors (Lipinski definition) is 0. The lowest BCUT2D eigenvalue weighted by Crippen LogP contribution is -2.25. The van der Waals surface area contributed by atoms with Gasteiger partial charge in [0.05, 0.1) is 0 Å². The molecule has 0 saturated heterocycles. The van der Waals surface area contributed by atoms with Gasteiger partial charge in [-0.05, 0) is 49.8 Å². The summed E-state index contributed by atoms with van der Waals surface area (Å²) >= 11 is 0. The van der Waals surface area contributed by atoms with Crippen LogP contribution in [-0.2, 0) is 0 Å². The van der Waals surface area contributed by atoms with Crippen LogP contribution in [0.15, 0.2) is 24.0 Å². The summed E-state index contributed by atoms with van der Waals surface area (Å²) in [4.78, 5) is 0. The molecule has 2 nitrogen and oxygen atoms in total. The van der Waals surface area contributed by atoms with Gasteiger partial charge in [-0.2, -0.15) is 0 Å². The molecular weight excluding hydrogens is 336 g/mol. The molecule has 1 aromatic rings. The highest BCUT2D eigenvalue weighted by Gasteiger charge is 2.43. The van der Waals surface area contributed by atoms with Crippen LogP contribution in [0, 0.1) is 11.8 Å². The molecule has 6 heteroatoms. The van der Waals surface area contributed by atoms with Crippen LogP contribution in [0.3, 0.4) is 0 Å². The fraction of sp³-hybridized carbons (Fsp3) is 0.579. The van der Waals surface area contributed by atoms with E-state index in [1.54, 1.807) is 0 Å². The van der Waals surface area contributed by atoms with Crippen molar-refractivity contribution >= 4 is 5.83 Å². The molecule has 1 aliphatic carbocycles. The Morgan fingerprint density at radius 3 is 2.44 bits per heavy atom. The number of benzene rings is 1. The number of allylic oxidation sites excluding steroid dienone is 1. The molecule has 1 saturated carbocycles. The largest absolute Gasteiger partial charge is 0.586 e. The first kappa shape index (κ1) is 18.1. The molecule has 2 aliphatic rings. The van der Waals surface area contributed by atoms with Crippen molar-refractivity contribution in [3.8, 4) is 11.5 Å². The van der Waals surface area contributed by atoms with Gasteiger partial charge in [0.1, 0.15) is 5.83 Å². The van der Waals surface area contributed by atoms with E-state index in [2.05, 4.69) is 16.4 Å². The van der Waals surface area contributed by atoms with E-state index in [1.165, 1.54) is 18.6 Å². The molecule has 25 heavy (non-hydrogen) atoms. The molecule has 1 fully saturated rings. The first-order valence-electron chi connectivity index (χ1n) is 8.85. The third-order valence-corrected chi connectivity index (χ3v) is 5.04. The molecule has 0 N–H and O–H groups in total. The highest BCUT2D eigenvalue weighted by molar-refractivity contribution is 5.65. The van der Waals surface area contributed by atoms with Gasteiger partial charge in [0, 0.05) is 11.5 Å². The molecule has 1 heterocycles. The smallest absolute Gasteiger partial charge is 0.395 e. The summed E-state index contributed by atoms with van der Waals surface area (Å²) in [7, 11) is 0. The second-order valence-electron chi connectivity index (χ2n) is 6.85. The molecule has 0 aromatic heterocycles. The van der Waals surface area contributed by atoms with Crippen molar-refractivity contribution < 1.29 is 27.0 Å². The third-order valence-electron chi connectivity index (χ3n) is 5.04. The normalized spacial score (nSPS) is 25.6. The Kier molecular flexibility index (Phi) is 5.25. The molecule has 3 rings (SSSR count). The highest BCUT2D eigenvalue weighted by atomic mass is 19.3. The summed E-state index contributed by atoms with van der Waals surface area (Å²) in [5.74, 6) is -2.10. The Labute approximate surface area is 144 Å². The van der Waals surface area contributed by atoms with E-state index in [4.69, 9.17) is 0 Å². The maximum absolute atomic E-state index is 14.5. The zero-order valence-electron chi connectivity index (χ0n) is 14.2. The SMILES string of the molecule is CCCCC1CCC(/C(F)=C(\F)c2ccc3c(c2)OC(F)(F)O3)CC1. The van der Waals surface area contributed by atoms with Crippen molar-refractivity contribution in [2.75, 3.05) is 0 Å². The van der Waals surface area contributed by atoms with Crippen molar-refractivity contribution in [1.82, 2.24) is 0 Å². The van der Waals surface area contributed by atoms with Gasteiger partial charge in [-0.1, -0.05) is 26.2 Å². The molecule has 0 atom stereocenters. The fourth-order valence-electron chi connectivity index (χ4n) is 3.60. The van der Waals surface area contributed by atoms with Gasteiger partial charge >= 0.3 is 6.29 Å². The zero-order chi connectivity index (χ0) is 18.0. The van der Waals surface area contributed by atoms with E-state index in [1.807, 2.05) is 0 Å². The lowest BCUT2D eigenvalue weighted by atomic mass is 9.79. The Bertz CT molecular complexity index is 649. The standard InChI is InChI=1S/C19H22F4O2/c1-2-3-4-12-5-7-13(8-6-12)17(20)18(21)14-9-10-15-16(11-14)25-19(22,23)24-15/h9-13H,2-8H2,1H3/b18-17+. The molecule has 0 spiro atoms. The quantitative estimate of drug-likeness (QED) is 0.551. The van der Waals surface area contributed by atoms with Gasteiger partial charge in [-0.25, -0.2) is 8.78 Å². The average molecular weight is 358 g/mol. The van der Waals surface area contributed by atoms with Gasteiger partial charge in [0.2, 0.25) is 0 Å². The highest BCUT2D eigenvalue weighted by Crippen LogP contribution is 2.44.